The maximum absolute atomic E-state index is 11.8. The fourth-order valence-corrected chi connectivity index (χ4v) is 2.99. The molecule has 2 aliphatic rings. The van der Waals surface area contributed by atoms with Gasteiger partial charge in [-0.3, -0.25) is 4.79 Å². The van der Waals surface area contributed by atoms with E-state index >= 15 is 0 Å². The molecule has 0 aromatic rings. The molecule has 3 nitrogen and oxygen atoms in total. The SMILES string of the molecule is CCC1CCCC2(CC1)NC(=S)NC2=O. The first-order valence-corrected chi connectivity index (χ1v) is 6.21. The Morgan fingerprint density at radius 3 is 2.87 bits per heavy atom. The van der Waals surface area contributed by atoms with Crippen molar-refractivity contribution in [1.29, 1.82) is 0 Å². The minimum atomic E-state index is -0.374. The van der Waals surface area contributed by atoms with Crippen molar-refractivity contribution in [2.75, 3.05) is 0 Å². The van der Waals surface area contributed by atoms with E-state index in [4.69, 9.17) is 12.2 Å². The van der Waals surface area contributed by atoms with E-state index in [1.807, 2.05) is 0 Å². The van der Waals surface area contributed by atoms with E-state index in [1.54, 1.807) is 0 Å². The van der Waals surface area contributed by atoms with Crippen molar-refractivity contribution in [3.8, 4) is 0 Å². The van der Waals surface area contributed by atoms with Crippen LogP contribution in [0, 0.1) is 5.92 Å². The van der Waals surface area contributed by atoms with Crippen molar-refractivity contribution in [2.45, 2.75) is 51.0 Å². The van der Waals surface area contributed by atoms with Crippen LogP contribution in [-0.4, -0.2) is 16.6 Å². The zero-order valence-corrected chi connectivity index (χ0v) is 9.95. The van der Waals surface area contributed by atoms with Gasteiger partial charge < -0.3 is 10.6 Å². The van der Waals surface area contributed by atoms with E-state index in [2.05, 4.69) is 17.6 Å². The molecular weight excluding hydrogens is 208 g/mol. The maximum Gasteiger partial charge on any atom is 0.251 e. The van der Waals surface area contributed by atoms with Gasteiger partial charge in [-0.1, -0.05) is 26.2 Å². The van der Waals surface area contributed by atoms with Gasteiger partial charge >= 0.3 is 0 Å². The van der Waals surface area contributed by atoms with Gasteiger partial charge in [-0.05, 0) is 37.4 Å². The predicted molar refractivity (Wildman–Crippen MR) is 63.5 cm³/mol. The van der Waals surface area contributed by atoms with Crippen LogP contribution in [0.1, 0.15) is 45.4 Å². The Morgan fingerprint density at radius 1 is 1.47 bits per heavy atom. The van der Waals surface area contributed by atoms with E-state index in [-0.39, 0.29) is 11.4 Å². The molecule has 0 aromatic carbocycles. The lowest BCUT2D eigenvalue weighted by molar-refractivity contribution is -0.124. The summed E-state index contributed by atoms with van der Waals surface area (Å²) in [5.74, 6) is 0.873. The van der Waals surface area contributed by atoms with Crippen LogP contribution in [0.4, 0.5) is 0 Å². The Kier molecular flexibility index (Phi) is 2.96. The topological polar surface area (TPSA) is 41.1 Å². The Labute approximate surface area is 96.0 Å². The summed E-state index contributed by atoms with van der Waals surface area (Å²) < 4.78 is 0. The Hall–Kier alpha value is -0.640. The van der Waals surface area contributed by atoms with E-state index in [0.717, 1.165) is 31.6 Å². The monoisotopic (exact) mass is 226 g/mol. The number of hydrogen-bond donors (Lipinski definition) is 2. The summed E-state index contributed by atoms with van der Waals surface area (Å²) in [6.45, 7) is 2.23. The predicted octanol–water partition coefficient (Wildman–Crippen LogP) is 1.72. The van der Waals surface area contributed by atoms with Gasteiger partial charge in [0.25, 0.3) is 5.91 Å². The van der Waals surface area contributed by atoms with Gasteiger partial charge in [0.05, 0.1) is 0 Å². The standard InChI is InChI=1S/C11H18N2OS/c1-2-8-4-3-6-11(7-5-8)9(14)12-10(15)13-11/h8H,2-7H2,1H3,(H2,12,13,14,15). The molecule has 1 aliphatic heterocycles. The first-order chi connectivity index (χ1) is 7.16. The largest absolute Gasteiger partial charge is 0.348 e. The molecular formula is C11H18N2OS. The van der Waals surface area contributed by atoms with Crippen LogP contribution in [-0.2, 0) is 4.79 Å². The van der Waals surface area contributed by atoms with E-state index in [0.29, 0.717) is 5.11 Å². The van der Waals surface area contributed by atoms with Crippen LogP contribution in [0.15, 0.2) is 0 Å². The summed E-state index contributed by atoms with van der Waals surface area (Å²) in [6, 6.07) is 0. The normalized spacial score (nSPS) is 36.2. The maximum atomic E-state index is 11.8. The third-order valence-corrected chi connectivity index (χ3v) is 3.99. The van der Waals surface area contributed by atoms with Gasteiger partial charge in [-0.2, -0.15) is 0 Å². The summed E-state index contributed by atoms with van der Waals surface area (Å²) in [6.07, 6.45) is 6.59. The highest BCUT2D eigenvalue weighted by Crippen LogP contribution is 2.33. The lowest BCUT2D eigenvalue weighted by Crippen LogP contribution is -2.46. The minimum absolute atomic E-state index is 0.0873. The average molecular weight is 226 g/mol. The van der Waals surface area contributed by atoms with Crippen molar-refractivity contribution in [3.63, 3.8) is 0 Å². The fourth-order valence-electron chi connectivity index (χ4n) is 2.70. The molecule has 2 rings (SSSR count). The van der Waals surface area contributed by atoms with Crippen molar-refractivity contribution >= 4 is 23.2 Å². The van der Waals surface area contributed by atoms with Crippen molar-refractivity contribution in [3.05, 3.63) is 0 Å². The fraction of sp³-hybridized carbons (Fsp3) is 0.818. The molecule has 1 amide bonds. The Bertz CT molecular complexity index is 292. The summed E-state index contributed by atoms with van der Waals surface area (Å²) >= 11 is 5.01. The zero-order chi connectivity index (χ0) is 10.9. The van der Waals surface area contributed by atoms with Crippen LogP contribution < -0.4 is 10.6 Å². The number of amides is 1. The molecule has 1 saturated heterocycles. The molecule has 1 heterocycles. The molecule has 2 fully saturated rings. The third kappa shape index (κ3) is 2.00. The van der Waals surface area contributed by atoms with Gasteiger partial charge in [0, 0.05) is 0 Å². The summed E-state index contributed by atoms with van der Waals surface area (Å²) in [7, 11) is 0. The molecule has 84 valence electrons. The number of nitrogens with one attached hydrogen (secondary N) is 2. The van der Waals surface area contributed by atoms with Gasteiger partial charge in [0.2, 0.25) is 0 Å². The highest BCUT2D eigenvalue weighted by Gasteiger charge is 2.44. The average Bonchev–Trinajstić information content (AvgIpc) is 2.39. The smallest absolute Gasteiger partial charge is 0.251 e. The van der Waals surface area contributed by atoms with Crippen LogP contribution in [0.5, 0.6) is 0 Å². The highest BCUT2D eigenvalue weighted by molar-refractivity contribution is 7.80. The van der Waals surface area contributed by atoms with Crippen LogP contribution in [0.2, 0.25) is 0 Å². The van der Waals surface area contributed by atoms with Gasteiger partial charge in [0.1, 0.15) is 5.54 Å². The molecule has 2 atom stereocenters. The van der Waals surface area contributed by atoms with Crippen LogP contribution in [0.25, 0.3) is 0 Å². The molecule has 1 saturated carbocycles. The molecule has 0 radical (unpaired) electrons. The Balaban J connectivity index is 2.09. The lowest BCUT2D eigenvalue weighted by atomic mass is 9.89. The molecule has 2 N–H and O–H groups in total. The summed E-state index contributed by atoms with van der Waals surface area (Å²) in [5.41, 5.74) is -0.374. The molecule has 0 bridgehead atoms. The van der Waals surface area contributed by atoms with Gasteiger partial charge in [0.15, 0.2) is 5.11 Å². The number of rotatable bonds is 1. The second-order valence-corrected chi connectivity index (χ2v) is 5.10. The zero-order valence-electron chi connectivity index (χ0n) is 9.14. The van der Waals surface area contributed by atoms with E-state index in [1.165, 1.54) is 12.8 Å². The van der Waals surface area contributed by atoms with Crippen molar-refractivity contribution < 1.29 is 4.79 Å². The van der Waals surface area contributed by atoms with Crippen molar-refractivity contribution in [1.82, 2.24) is 10.6 Å². The highest BCUT2D eigenvalue weighted by atomic mass is 32.1. The first kappa shape index (κ1) is 10.9. The third-order valence-electron chi connectivity index (χ3n) is 3.79. The number of hydrogen-bond acceptors (Lipinski definition) is 2. The van der Waals surface area contributed by atoms with E-state index < -0.39 is 0 Å². The molecule has 2 unspecified atom stereocenters. The Morgan fingerprint density at radius 2 is 2.27 bits per heavy atom. The summed E-state index contributed by atoms with van der Waals surface area (Å²) in [5, 5.41) is 6.40. The number of carbonyl (C=O) groups excluding carboxylic acids is 1. The minimum Gasteiger partial charge on any atom is -0.348 e. The number of thiocarbonyl (C=S) groups is 1. The molecule has 4 heteroatoms. The molecule has 1 spiro atoms. The summed E-state index contributed by atoms with van der Waals surface area (Å²) in [4.78, 5) is 11.8. The van der Waals surface area contributed by atoms with Crippen molar-refractivity contribution in [2.24, 2.45) is 5.92 Å². The first-order valence-electron chi connectivity index (χ1n) is 5.80. The van der Waals surface area contributed by atoms with Gasteiger partial charge in [-0.25, -0.2) is 0 Å². The second kappa shape index (κ2) is 4.08. The lowest BCUT2D eigenvalue weighted by Gasteiger charge is -2.24. The molecule has 15 heavy (non-hydrogen) atoms. The number of carbonyl (C=O) groups is 1. The second-order valence-electron chi connectivity index (χ2n) is 4.70. The molecule has 1 aliphatic carbocycles. The van der Waals surface area contributed by atoms with Gasteiger partial charge in [-0.15, -0.1) is 0 Å². The van der Waals surface area contributed by atoms with Crippen LogP contribution in [0.3, 0.4) is 0 Å². The molecule has 0 aromatic heterocycles. The van der Waals surface area contributed by atoms with E-state index in [9.17, 15) is 4.79 Å². The quantitative estimate of drug-likeness (QED) is 0.669. The van der Waals surface area contributed by atoms with Crippen LogP contribution >= 0.6 is 12.2 Å².